The van der Waals surface area contributed by atoms with E-state index in [9.17, 15) is 26.7 Å². The van der Waals surface area contributed by atoms with Crippen LogP contribution in [0, 0.1) is 29.1 Å². The molecule has 0 aliphatic heterocycles. The quantitative estimate of drug-likeness (QED) is 0.273. The summed E-state index contributed by atoms with van der Waals surface area (Å²) < 4.78 is 68.5. The number of nitrogens with one attached hydrogen (secondary N) is 1. The highest BCUT2D eigenvalue weighted by Crippen LogP contribution is 2.32. The summed E-state index contributed by atoms with van der Waals surface area (Å²) in [6, 6.07) is 3.55. The van der Waals surface area contributed by atoms with E-state index in [-0.39, 0.29) is 34.1 Å². The van der Waals surface area contributed by atoms with Crippen molar-refractivity contribution < 1.29 is 26.7 Å². The van der Waals surface area contributed by atoms with Crippen LogP contribution in [0.4, 0.5) is 33.5 Å². The average molecular weight is 411 g/mol. The second-order valence-electron chi connectivity index (χ2n) is 5.43. The summed E-state index contributed by atoms with van der Waals surface area (Å²) in [5.74, 6) is -5.78. The third-order valence-electron chi connectivity index (χ3n) is 3.66. The molecule has 0 aliphatic rings. The van der Waals surface area contributed by atoms with E-state index in [4.69, 9.17) is 0 Å². The molecule has 0 unspecified atom stereocenters. The zero-order valence-electron chi connectivity index (χ0n) is 14.1. The van der Waals surface area contributed by atoms with Crippen molar-refractivity contribution in [1.82, 2.24) is 9.97 Å². The van der Waals surface area contributed by atoms with E-state index in [0.717, 1.165) is 23.9 Å². The van der Waals surface area contributed by atoms with E-state index in [2.05, 4.69) is 15.3 Å². The fourth-order valence-corrected chi connectivity index (χ4v) is 2.78. The van der Waals surface area contributed by atoms with Gasteiger partial charge in [-0.25, -0.2) is 31.9 Å². The predicted octanol–water partition coefficient (Wildman–Crippen LogP) is 5.12. The van der Waals surface area contributed by atoms with Crippen LogP contribution in [-0.2, 0) is 0 Å². The van der Waals surface area contributed by atoms with Crippen LogP contribution in [0.15, 0.2) is 35.5 Å². The fraction of sp³-hybridized carbons (Fsp3) is 0.0556. The SMILES string of the molecule is CSc1nc(Nc2c(F)cc(F)cc2F)c(C=O)c(-c2ccc(F)cc2F)n1. The lowest BCUT2D eigenvalue weighted by atomic mass is 10.1. The molecule has 2 aromatic carbocycles. The van der Waals surface area contributed by atoms with Crippen molar-refractivity contribution in [2.45, 2.75) is 5.16 Å². The molecule has 1 aromatic heterocycles. The molecule has 10 heteroatoms. The zero-order valence-corrected chi connectivity index (χ0v) is 14.9. The van der Waals surface area contributed by atoms with Gasteiger partial charge in [0.1, 0.15) is 29.0 Å². The summed E-state index contributed by atoms with van der Waals surface area (Å²) in [5, 5.41) is 2.34. The molecule has 0 aliphatic carbocycles. The number of carbonyl (C=O) groups excluding carboxylic acids is 1. The number of aromatic nitrogens is 2. The first-order chi connectivity index (χ1) is 13.3. The molecule has 0 atom stereocenters. The number of hydrogen-bond donors (Lipinski definition) is 1. The first-order valence-electron chi connectivity index (χ1n) is 7.62. The summed E-state index contributed by atoms with van der Waals surface area (Å²) in [4.78, 5) is 19.7. The van der Waals surface area contributed by atoms with Gasteiger partial charge >= 0.3 is 0 Å². The largest absolute Gasteiger partial charge is 0.335 e. The van der Waals surface area contributed by atoms with Gasteiger partial charge in [0.05, 0.1) is 11.3 Å². The van der Waals surface area contributed by atoms with Gasteiger partial charge in [0.25, 0.3) is 0 Å². The van der Waals surface area contributed by atoms with Crippen molar-refractivity contribution >= 4 is 29.6 Å². The molecule has 1 N–H and O–H groups in total. The Labute approximate surface area is 159 Å². The molecule has 0 saturated heterocycles. The molecule has 144 valence electrons. The molecule has 28 heavy (non-hydrogen) atoms. The Morgan fingerprint density at radius 3 is 2.14 bits per heavy atom. The third-order valence-corrected chi connectivity index (χ3v) is 4.21. The summed E-state index contributed by atoms with van der Waals surface area (Å²) in [6.07, 6.45) is 1.85. The fourth-order valence-electron chi connectivity index (χ4n) is 2.41. The van der Waals surface area contributed by atoms with Gasteiger partial charge in [-0.2, -0.15) is 0 Å². The van der Waals surface area contributed by atoms with Crippen molar-refractivity contribution in [1.29, 1.82) is 0 Å². The molecule has 0 fully saturated rings. The van der Waals surface area contributed by atoms with Crippen molar-refractivity contribution in [2.24, 2.45) is 0 Å². The minimum absolute atomic E-state index is 0.0507. The van der Waals surface area contributed by atoms with Crippen molar-refractivity contribution in [3.63, 3.8) is 0 Å². The van der Waals surface area contributed by atoms with Crippen molar-refractivity contribution in [3.8, 4) is 11.3 Å². The Kier molecular flexibility index (Phi) is 5.59. The highest BCUT2D eigenvalue weighted by molar-refractivity contribution is 7.98. The van der Waals surface area contributed by atoms with Crippen LogP contribution in [0.3, 0.4) is 0 Å². The van der Waals surface area contributed by atoms with Crippen LogP contribution >= 0.6 is 11.8 Å². The van der Waals surface area contributed by atoms with Gasteiger partial charge in [0, 0.05) is 23.8 Å². The Balaban J connectivity index is 2.21. The third kappa shape index (κ3) is 3.81. The standard InChI is InChI=1S/C18H10F5N3OS/c1-28-18-25-15(10-3-2-8(19)4-12(10)21)11(7-27)17(26-18)24-16-13(22)5-9(20)6-14(16)23/h2-7H,1H3,(H,24,25,26). The number of aldehydes is 1. The number of carbonyl (C=O) groups is 1. The first kappa shape index (κ1) is 19.7. The van der Waals surface area contributed by atoms with Gasteiger partial charge in [0.2, 0.25) is 0 Å². The minimum atomic E-state index is -1.26. The zero-order chi connectivity index (χ0) is 20.4. The molecule has 0 radical (unpaired) electrons. The maximum absolute atomic E-state index is 14.2. The Morgan fingerprint density at radius 1 is 0.929 bits per heavy atom. The maximum atomic E-state index is 14.2. The molecule has 1 heterocycles. The van der Waals surface area contributed by atoms with Crippen molar-refractivity contribution in [3.05, 3.63) is 65.0 Å². The average Bonchev–Trinajstić information content (AvgIpc) is 2.64. The Hall–Kier alpha value is -3.01. The molecule has 4 nitrogen and oxygen atoms in total. The lowest BCUT2D eigenvalue weighted by Gasteiger charge is -2.14. The topological polar surface area (TPSA) is 54.9 Å². The van der Waals surface area contributed by atoms with Gasteiger partial charge in [-0.15, -0.1) is 0 Å². The summed E-state index contributed by atoms with van der Waals surface area (Å²) >= 11 is 1.02. The van der Waals surface area contributed by atoms with Crippen LogP contribution in [0.2, 0.25) is 0 Å². The maximum Gasteiger partial charge on any atom is 0.189 e. The number of nitrogens with zero attached hydrogens (tertiary/aromatic N) is 2. The summed E-state index contributed by atoms with van der Waals surface area (Å²) in [5.41, 5.74) is -1.46. The van der Waals surface area contributed by atoms with E-state index in [1.165, 1.54) is 0 Å². The molecule has 0 saturated carbocycles. The van der Waals surface area contributed by atoms with Crippen molar-refractivity contribution in [2.75, 3.05) is 11.6 Å². The monoisotopic (exact) mass is 411 g/mol. The van der Waals surface area contributed by atoms with E-state index >= 15 is 0 Å². The normalized spacial score (nSPS) is 10.8. The summed E-state index contributed by atoms with van der Waals surface area (Å²) in [6.45, 7) is 0. The second kappa shape index (κ2) is 7.93. The van der Waals surface area contributed by atoms with Crippen LogP contribution in [0.25, 0.3) is 11.3 Å². The van der Waals surface area contributed by atoms with Gasteiger partial charge in [-0.1, -0.05) is 11.8 Å². The Bertz CT molecular complexity index is 1050. The van der Waals surface area contributed by atoms with Crippen LogP contribution < -0.4 is 5.32 Å². The Morgan fingerprint density at radius 2 is 1.57 bits per heavy atom. The molecule has 0 spiro atoms. The highest BCUT2D eigenvalue weighted by Gasteiger charge is 2.21. The smallest absolute Gasteiger partial charge is 0.189 e. The van der Waals surface area contributed by atoms with Gasteiger partial charge < -0.3 is 5.32 Å². The number of halogens is 5. The lowest BCUT2D eigenvalue weighted by molar-refractivity contribution is 0.112. The second-order valence-corrected chi connectivity index (χ2v) is 6.21. The number of rotatable bonds is 5. The molecule has 3 rings (SSSR count). The molecule has 3 aromatic rings. The number of benzene rings is 2. The molecular weight excluding hydrogens is 401 g/mol. The molecule has 0 amide bonds. The highest BCUT2D eigenvalue weighted by atomic mass is 32.2. The van der Waals surface area contributed by atoms with E-state index in [1.807, 2.05) is 0 Å². The van der Waals surface area contributed by atoms with Gasteiger partial charge in [-0.3, -0.25) is 4.79 Å². The van der Waals surface area contributed by atoms with Crippen LogP contribution in [-0.4, -0.2) is 22.5 Å². The summed E-state index contributed by atoms with van der Waals surface area (Å²) in [7, 11) is 0. The van der Waals surface area contributed by atoms with Crippen LogP contribution in [0.1, 0.15) is 10.4 Å². The molecule has 0 bridgehead atoms. The predicted molar refractivity (Wildman–Crippen MR) is 94.2 cm³/mol. The van der Waals surface area contributed by atoms with Gasteiger partial charge in [-0.05, 0) is 18.4 Å². The minimum Gasteiger partial charge on any atom is -0.335 e. The van der Waals surface area contributed by atoms with E-state index in [1.54, 1.807) is 6.26 Å². The molecular formula is C18H10F5N3OS. The van der Waals surface area contributed by atoms with E-state index < -0.39 is 34.8 Å². The number of anilines is 2. The number of thioether (sulfide) groups is 1. The number of hydrogen-bond acceptors (Lipinski definition) is 5. The van der Waals surface area contributed by atoms with E-state index in [0.29, 0.717) is 18.2 Å². The van der Waals surface area contributed by atoms with Gasteiger partial charge in [0.15, 0.2) is 23.1 Å². The first-order valence-corrected chi connectivity index (χ1v) is 8.84. The lowest BCUT2D eigenvalue weighted by Crippen LogP contribution is -2.08. The van der Waals surface area contributed by atoms with Crippen LogP contribution in [0.5, 0.6) is 0 Å².